The van der Waals surface area contributed by atoms with Crippen LogP contribution in [0.15, 0.2) is 29.2 Å². The molecule has 0 aromatic heterocycles. The Balaban J connectivity index is 2.15. The van der Waals surface area contributed by atoms with Crippen molar-refractivity contribution in [3.05, 3.63) is 29.8 Å². The highest BCUT2D eigenvalue weighted by Gasteiger charge is 2.27. The first-order chi connectivity index (χ1) is 9.93. The first kappa shape index (κ1) is 16.3. The number of likely N-dealkylation sites (tertiary alicyclic amines) is 1. The molecule has 1 aromatic rings. The van der Waals surface area contributed by atoms with E-state index < -0.39 is 9.05 Å². The van der Waals surface area contributed by atoms with Crippen molar-refractivity contribution in [2.75, 3.05) is 26.8 Å². The van der Waals surface area contributed by atoms with E-state index >= 15 is 0 Å². The van der Waals surface area contributed by atoms with Crippen LogP contribution in [0.3, 0.4) is 0 Å². The van der Waals surface area contributed by atoms with Crippen molar-refractivity contribution in [3.63, 3.8) is 0 Å². The molecule has 1 fully saturated rings. The summed E-state index contributed by atoms with van der Waals surface area (Å²) in [5.41, 5.74) is 0.137. The molecule has 1 heterocycles. The minimum Gasteiger partial charge on any atom is -0.384 e. The molecule has 1 aromatic carbocycles. The van der Waals surface area contributed by atoms with Gasteiger partial charge in [0.25, 0.3) is 15.0 Å². The maximum Gasteiger partial charge on any atom is 0.262 e. The standard InChI is InChI=1S/C14H18ClNO4S/c1-20-10-11-6-8-16(9-7-11)14(17)12-4-2-3-5-13(12)21(15,18)19/h2-5,11H,6-10H2,1H3. The first-order valence-corrected chi connectivity index (χ1v) is 9.06. The Bertz CT molecular complexity index is 609. The molecule has 0 unspecified atom stereocenters. The average molecular weight is 332 g/mol. The zero-order valence-electron chi connectivity index (χ0n) is 11.8. The van der Waals surface area contributed by atoms with Crippen LogP contribution < -0.4 is 0 Å². The Hall–Kier alpha value is -1.11. The molecule has 0 radical (unpaired) electrons. The molecule has 2 rings (SSSR count). The third-order valence-corrected chi connectivity index (χ3v) is 5.06. The summed E-state index contributed by atoms with van der Waals surface area (Å²) in [6, 6.07) is 6.04. The molecular formula is C14H18ClNO4S. The van der Waals surface area contributed by atoms with E-state index in [1.807, 2.05) is 0 Å². The predicted octanol–water partition coefficient (Wildman–Crippen LogP) is 2.11. The fourth-order valence-corrected chi connectivity index (χ4v) is 3.63. The molecule has 0 bridgehead atoms. The summed E-state index contributed by atoms with van der Waals surface area (Å²) in [4.78, 5) is 14.0. The molecule has 0 aliphatic carbocycles. The highest BCUT2D eigenvalue weighted by atomic mass is 35.7. The van der Waals surface area contributed by atoms with Crippen LogP contribution in [0.2, 0.25) is 0 Å². The van der Waals surface area contributed by atoms with Gasteiger partial charge in [0.15, 0.2) is 0 Å². The first-order valence-electron chi connectivity index (χ1n) is 6.75. The van der Waals surface area contributed by atoms with Gasteiger partial charge in [0.05, 0.1) is 10.5 Å². The van der Waals surface area contributed by atoms with Crippen molar-refractivity contribution in [3.8, 4) is 0 Å². The number of nitrogens with zero attached hydrogens (tertiary/aromatic N) is 1. The Morgan fingerprint density at radius 3 is 2.52 bits per heavy atom. The lowest BCUT2D eigenvalue weighted by Gasteiger charge is -2.32. The molecule has 1 saturated heterocycles. The van der Waals surface area contributed by atoms with Gasteiger partial charge in [-0.15, -0.1) is 0 Å². The number of piperidine rings is 1. The third-order valence-electron chi connectivity index (χ3n) is 3.68. The Labute approximate surface area is 129 Å². The van der Waals surface area contributed by atoms with Crippen LogP contribution in [0.25, 0.3) is 0 Å². The molecular weight excluding hydrogens is 314 g/mol. The average Bonchev–Trinajstić information content (AvgIpc) is 2.47. The maximum atomic E-state index is 12.5. The van der Waals surface area contributed by atoms with Crippen molar-refractivity contribution in [2.45, 2.75) is 17.7 Å². The number of ether oxygens (including phenoxy) is 1. The lowest BCUT2D eigenvalue weighted by Crippen LogP contribution is -2.39. The second-order valence-electron chi connectivity index (χ2n) is 5.12. The van der Waals surface area contributed by atoms with Crippen molar-refractivity contribution >= 4 is 25.6 Å². The molecule has 1 aliphatic rings. The topological polar surface area (TPSA) is 63.7 Å². The molecule has 0 atom stereocenters. The van der Waals surface area contributed by atoms with Crippen LogP contribution in [0, 0.1) is 5.92 Å². The number of hydrogen-bond acceptors (Lipinski definition) is 4. The second-order valence-corrected chi connectivity index (χ2v) is 7.66. The summed E-state index contributed by atoms with van der Waals surface area (Å²) >= 11 is 0. The molecule has 5 nitrogen and oxygen atoms in total. The van der Waals surface area contributed by atoms with Gasteiger partial charge in [-0.05, 0) is 30.9 Å². The predicted molar refractivity (Wildman–Crippen MR) is 80.0 cm³/mol. The molecule has 7 heteroatoms. The van der Waals surface area contributed by atoms with Crippen LogP contribution in [-0.2, 0) is 13.8 Å². The number of hydrogen-bond donors (Lipinski definition) is 0. The largest absolute Gasteiger partial charge is 0.384 e. The maximum absolute atomic E-state index is 12.5. The fourth-order valence-electron chi connectivity index (χ4n) is 2.56. The van der Waals surface area contributed by atoms with Crippen LogP contribution >= 0.6 is 10.7 Å². The SMILES string of the molecule is COCC1CCN(C(=O)c2ccccc2S(=O)(=O)Cl)CC1. The summed E-state index contributed by atoms with van der Waals surface area (Å²) in [5, 5.41) is 0. The van der Waals surface area contributed by atoms with Gasteiger partial charge in [-0.1, -0.05) is 12.1 Å². The molecule has 0 spiro atoms. The quantitative estimate of drug-likeness (QED) is 0.793. The number of carbonyl (C=O) groups excluding carboxylic acids is 1. The molecule has 116 valence electrons. The number of amides is 1. The summed E-state index contributed by atoms with van der Waals surface area (Å²) in [7, 11) is 3.13. The normalized spacial score (nSPS) is 17.0. The highest BCUT2D eigenvalue weighted by Crippen LogP contribution is 2.24. The highest BCUT2D eigenvalue weighted by molar-refractivity contribution is 8.13. The lowest BCUT2D eigenvalue weighted by atomic mass is 9.97. The summed E-state index contributed by atoms with van der Waals surface area (Å²) in [5.74, 6) is 0.164. The van der Waals surface area contributed by atoms with Gasteiger partial charge in [-0.2, -0.15) is 0 Å². The second kappa shape index (κ2) is 6.77. The smallest absolute Gasteiger partial charge is 0.262 e. The van der Waals surface area contributed by atoms with Crippen molar-refractivity contribution in [2.24, 2.45) is 5.92 Å². The molecule has 0 saturated carbocycles. The monoisotopic (exact) mass is 331 g/mol. The number of methoxy groups -OCH3 is 1. The van der Waals surface area contributed by atoms with Gasteiger partial charge >= 0.3 is 0 Å². The number of carbonyl (C=O) groups is 1. The van der Waals surface area contributed by atoms with Gasteiger partial charge in [0.2, 0.25) is 0 Å². The van der Waals surface area contributed by atoms with E-state index in [1.165, 1.54) is 12.1 Å². The molecule has 21 heavy (non-hydrogen) atoms. The van der Waals surface area contributed by atoms with Crippen LogP contribution in [0.1, 0.15) is 23.2 Å². The third kappa shape index (κ3) is 3.96. The number of halogens is 1. The van der Waals surface area contributed by atoms with Gasteiger partial charge in [-0.3, -0.25) is 4.79 Å². The summed E-state index contributed by atoms with van der Waals surface area (Å²) in [6.45, 7) is 1.89. The van der Waals surface area contributed by atoms with Gasteiger partial charge in [-0.25, -0.2) is 8.42 Å². The van der Waals surface area contributed by atoms with Crippen LogP contribution in [-0.4, -0.2) is 46.0 Å². The zero-order chi connectivity index (χ0) is 15.5. The Morgan fingerprint density at radius 1 is 1.33 bits per heavy atom. The molecule has 1 aliphatic heterocycles. The van der Waals surface area contributed by atoms with Gasteiger partial charge < -0.3 is 9.64 Å². The molecule has 1 amide bonds. The van der Waals surface area contributed by atoms with Crippen molar-refractivity contribution in [1.82, 2.24) is 4.90 Å². The number of rotatable bonds is 4. The van der Waals surface area contributed by atoms with Gasteiger partial charge in [0.1, 0.15) is 0 Å². The Morgan fingerprint density at radius 2 is 1.95 bits per heavy atom. The minimum atomic E-state index is -3.93. The molecule has 0 N–H and O–H groups in total. The van der Waals surface area contributed by atoms with Crippen LogP contribution in [0.4, 0.5) is 0 Å². The van der Waals surface area contributed by atoms with Crippen molar-refractivity contribution in [1.29, 1.82) is 0 Å². The van der Waals surface area contributed by atoms with E-state index in [9.17, 15) is 13.2 Å². The number of benzene rings is 1. The fraction of sp³-hybridized carbons (Fsp3) is 0.500. The van der Waals surface area contributed by atoms with E-state index in [0.717, 1.165) is 12.8 Å². The minimum absolute atomic E-state index is 0.129. The van der Waals surface area contributed by atoms with E-state index in [4.69, 9.17) is 15.4 Å². The summed E-state index contributed by atoms with van der Waals surface area (Å²) in [6.07, 6.45) is 1.71. The van der Waals surface area contributed by atoms with Gasteiger partial charge in [0, 0.05) is 37.5 Å². The Kier molecular flexibility index (Phi) is 5.24. The van der Waals surface area contributed by atoms with Crippen LogP contribution in [0.5, 0.6) is 0 Å². The van der Waals surface area contributed by atoms with E-state index in [2.05, 4.69) is 0 Å². The van der Waals surface area contributed by atoms with E-state index in [0.29, 0.717) is 25.6 Å². The zero-order valence-corrected chi connectivity index (χ0v) is 13.4. The van der Waals surface area contributed by atoms with E-state index in [1.54, 1.807) is 24.1 Å². The van der Waals surface area contributed by atoms with Crippen molar-refractivity contribution < 1.29 is 17.9 Å². The lowest BCUT2D eigenvalue weighted by molar-refractivity contribution is 0.0610. The van der Waals surface area contributed by atoms with E-state index in [-0.39, 0.29) is 16.4 Å². The summed E-state index contributed by atoms with van der Waals surface area (Å²) < 4.78 is 28.2.